The third-order valence-electron chi connectivity index (χ3n) is 4.30. The maximum Gasteiger partial charge on any atom is 0.224 e. The number of phenols is 1. The zero-order chi connectivity index (χ0) is 17.3. The highest BCUT2D eigenvalue weighted by molar-refractivity contribution is 5.78. The Morgan fingerprint density at radius 3 is 2.79 bits per heavy atom. The number of rotatable bonds is 4. The highest BCUT2D eigenvalue weighted by Crippen LogP contribution is 2.21. The lowest BCUT2D eigenvalue weighted by atomic mass is 9.98. The third-order valence-corrected chi connectivity index (χ3v) is 4.30. The van der Waals surface area contributed by atoms with Gasteiger partial charge in [0.1, 0.15) is 29.0 Å². The third kappa shape index (κ3) is 3.22. The normalized spacial score (nSPS) is 16.7. The highest BCUT2D eigenvalue weighted by Gasteiger charge is 2.26. The molecule has 6 nitrogen and oxygen atoms in total. The molecule has 1 aromatic heterocycles. The van der Waals surface area contributed by atoms with Gasteiger partial charge in [-0.25, -0.2) is 8.78 Å². The van der Waals surface area contributed by atoms with E-state index in [1.165, 1.54) is 0 Å². The first-order chi connectivity index (χ1) is 11.5. The molecule has 8 heteroatoms. The summed E-state index contributed by atoms with van der Waals surface area (Å²) in [5, 5.41) is 19.9. The zero-order valence-electron chi connectivity index (χ0n) is 13.2. The van der Waals surface area contributed by atoms with Gasteiger partial charge < -0.3 is 15.0 Å². The number of aromatic nitrogens is 3. The lowest BCUT2D eigenvalue weighted by Gasteiger charge is -2.23. The number of amides is 1. The molecule has 1 amide bonds. The van der Waals surface area contributed by atoms with Crippen molar-refractivity contribution in [3.8, 4) is 5.75 Å². The van der Waals surface area contributed by atoms with Gasteiger partial charge >= 0.3 is 0 Å². The van der Waals surface area contributed by atoms with Crippen LogP contribution in [0.1, 0.15) is 23.6 Å². The maximum absolute atomic E-state index is 13.6. The summed E-state index contributed by atoms with van der Waals surface area (Å²) in [5.74, 6) is -0.788. The molecule has 2 N–H and O–H groups in total. The summed E-state index contributed by atoms with van der Waals surface area (Å²) in [5.41, 5.74) is -0.145. The quantitative estimate of drug-likeness (QED) is 0.887. The van der Waals surface area contributed by atoms with Crippen LogP contribution in [0.4, 0.5) is 8.78 Å². The fourth-order valence-electron chi connectivity index (χ4n) is 2.96. The van der Waals surface area contributed by atoms with Gasteiger partial charge in [-0.05, 0) is 19.8 Å². The second-order valence-electron chi connectivity index (χ2n) is 5.94. The molecule has 0 bridgehead atoms. The predicted molar refractivity (Wildman–Crippen MR) is 81.3 cm³/mol. The number of phenolic OH excluding ortho intramolecular Hbond substituents is 1. The number of hydrogen-bond donors (Lipinski definition) is 2. The molecular weight excluding hydrogens is 318 g/mol. The van der Waals surface area contributed by atoms with Gasteiger partial charge in [-0.15, -0.1) is 10.2 Å². The van der Waals surface area contributed by atoms with Crippen LogP contribution in [0.25, 0.3) is 0 Å². The molecule has 1 aliphatic heterocycles. The zero-order valence-corrected chi connectivity index (χ0v) is 13.2. The Labute approximate surface area is 137 Å². The molecular formula is C16H18F2N4O2. The number of nitrogens with one attached hydrogen (secondary N) is 1. The molecule has 0 saturated heterocycles. The van der Waals surface area contributed by atoms with Crippen LogP contribution in [0.3, 0.4) is 0 Å². The Balaban J connectivity index is 1.56. The molecule has 0 aliphatic carbocycles. The van der Waals surface area contributed by atoms with E-state index in [4.69, 9.17) is 5.11 Å². The molecule has 1 atom stereocenters. The van der Waals surface area contributed by atoms with Crippen LogP contribution < -0.4 is 5.32 Å². The molecule has 0 fully saturated rings. The van der Waals surface area contributed by atoms with Crippen molar-refractivity contribution >= 4 is 5.91 Å². The van der Waals surface area contributed by atoms with Crippen molar-refractivity contribution in [1.82, 2.24) is 20.1 Å². The van der Waals surface area contributed by atoms with Crippen LogP contribution in [0.15, 0.2) is 12.1 Å². The van der Waals surface area contributed by atoms with Gasteiger partial charge in [-0.1, -0.05) is 0 Å². The van der Waals surface area contributed by atoms with E-state index in [9.17, 15) is 13.6 Å². The van der Waals surface area contributed by atoms with Crippen molar-refractivity contribution in [3.05, 3.63) is 41.0 Å². The Bertz CT molecular complexity index is 752. The molecule has 1 aromatic carbocycles. The van der Waals surface area contributed by atoms with Crippen molar-refractivity contribution in [3.63, 3.8) is 0 Å². The van der Waals surface area contributed by atoms with E-state index in [1.807, 2.05) is 11.5 Å². The van der Waals surface area contributed by atoms with Gasteiger partial charge in [0.15, 0.2) is 0 Å². The molecule has 0 spiro atoms. The molecule has 0 saturated carbocycles. The lowest BCUT2D eigenvalue weighted by molar-refractivity contribution is -0.125. The number of benzene rings is 1. The maximum atomic E-state index is 13.6. The van der Waals surface area contributed by atoms with Crippen LogP contribution in [0.2, 0.25) is 0 Å². The number of halogens is 2. The van der Waals surface area contributed by atoms with E-state index < -0.39 is 17.4 Å². The number of carbonyl (C=O) groups excluding carboxylic acids is 1. The molecule has 2 heterocycles. The van der Waals surface area contributed by atoms with Crippen molar-refractivity contribution in [2.75, 3.05) is 6.54 Å². The minimum absolute atomic E-state index is 0.0211. The molecule has 24 heavy (non-hydrogen) atoms. The lowest BCUT2D eigenvalue weighted by Crippen LogP contribution is -2.37. The summed E-state index contributed by atoms with van der Waals surface area (Å²) in [4.78, 5) is 12.3. The van der Waals surface area contributed by atoms with E-state index in [2.05, 4.69) is 15.5 Å². The SMILES string of the molecule is Cc1nnc2n1CC(C(=O)NCCc1c(F)cc(O)cc1F)CC2. The number of nitrogens with zero attached hydrogens (tertiary/aromatic N) is 3. The summed E-state index contributed by atoms with van der Waals surface area (Å²) in [6.07, 6.45) is 1.37. The predicted octanol–water partition coefficient (Wildman–Crippen LogP) is 1.49. The fraction of sp³-hybridized carbons (Fsp3) is 0.438. The first-order valence-corrected chi connectivity index (χ1v) is 7.79. The van der Waals surface area contributed by atoms with E-state index in [0.717, 1.165) is 23.8 Å². The Hall–Kier alpha value is -2.51. The standard InChI is InChI=1S/C16H18F2N4O2/c1-9-20-21-15-3-2-10(8-22(9)15)16(24)19-5-4-12-13(17)6-11(23)7-14(12)18/h6-7,10,23H,2-5,8H2,1H3,(H,19,24). The molecule has 0 radical (unpaired) electrons. The monoisotopic (exact) mass is 336 g/mol. The van der Waals surface area contributed by atoms with Crippen LogP contribution in [0, 0.1) is 24.5 Å². The second kappa shape index (κ2) is 6.54. The van der Waals surface area contributed by atoms with Gasteiger partial charge in [0.2, 0.25) is 5.91 Å². The van der Waals surface area contributed by atoms with Gasteiger partial charge in [0.05, 0.1) is 5.92 Å². The summed E-state index contributed by atoms with van der Waals surface area (Å²) in [6.45, 7) is 2.48. The van der Waals surface area contributed by atoms with Crippen LogP contribution in [-0.2, 0) is 24.2 Å². The summed E-state index contributed by atoms with van der Waals surface area (Å²) in [6, 6.07) is 1.72. The average molecular weight is 336 g/mol. The van der Waals surface area contributed by atoms with E-state index >= 15 is 0 Å². The van der Waals surface area contributed by atoms with E-state index in [-0.39, 0.29) is 30.4 Å². The number of aryl methyl sites for hydroxylation is 2. The van der Waals surface area contributed by atoms with Crippen molar-refractivity contribution in [2.24, 2.45) is 5.92 Å². The molecule has 3 rings (SSSR count). The highest BCUT2D eigenvalue weighted by atomic mass is 19.1. The van der Waals surface area contributed by atoms with Crippen molar-refractivity contribution in [2.45, 2.75) is 32.7 Å². The number of fused-ring (bicyclic) bond motifs is 1. The van der Waals surface area contributed by atoms with Crippen LogP contribution in [0.5, 0.6) is 5.75 Å². The molecule has 128 valence electrons. The summed E-state index contributed by atoms with van der Waals surface area (Å²) in [7, 11) is 0. The first kappa shape index (κ1) is 16.4. The van der Waals surface area contributed by atoms with E-state index in [0.29, 0.717) is 19.4 Å². The van der Waals surface area contributed by atoms with Crippen molar-refractivity contribution < 1.29 is 18.7 Å². The van der Waals surface area contributed by atoms with E-state index in [1.54, 1.807) is 0 Å². The van der Waals surface area contributed by atoms with Gasteiger partial charge in [0, 0.05) is 37.2 Å². The Morgan fingerprint density at radius 1 is 1.38 bits per heavy atom. The minimum atomic E-state index is -0.816. The smallest absolute Gasteiger partial charge is 0.224 e. The van der Waals surface area contributed by atoms with Gasteiger partial charge in [-0.2, -0.15) is 0 Å². The molecule has 1 unspecified atom stereocenters. The molecule has 2 aromatic rings. The van der Waals surface area contributed by atoms with Crippen LogP contribution in [-0.4, -0.2) is 32.3 Å². The number of aromatic hydroxyl groups is 1. The topological polar surface area (TPSA) is 80.0 Å². The van der Waals surface area contributed by atoms with Gasteiger partial charge in [-0.3, -0.25) is 4.79 Å². The fourth-order valence-corrected chi connectivity index (χ4v) is 2.96. The van der Waals surface area contributed by atoms with Crippen LogP contribution >= 0.6 is 0 Å². The van der Waals surface area contributed by atoms with Gasteiger partial charge in [0.25, 0.3) is 0 Å². The second-order valence-corrected chi connectivity index (χ2v) is 5.94. The minimum Gasteiger partial charge on any atom is -0.508 e. The summed E-state index contributed by atoms with van der Waals surface area (Å²) < 4.78 is 29.2. The number of hydrogen-bond acceptors (Lipinski definition) is 4. The first-order valence-electron chi connectivity index (χ1n) is 7.79. The largest absolute Gasteiger partial charge is 0.508 e. The molecule has 1 aliphatic rings. The van der Waals surface area contributed by atoms with Crippen molar-refractivity contribution in [1.29, 1.82) is 0 Å². The summed E-state index contributed by atoms with van der Waals surface area (Å²) >= 11 is 0. The Kier molecular flexibility index (Phi) is 4.46. The Morgan fingerprint density at radius 2 is 2.08 bits per heavy atom. The number of carbonyl (C=O) groups is 1. The average Bonchev–Trinajstić information content (AvgIpc) is 2.90.